The molecule has 0 radical (unpaired) electrons. The Kier molecular flexibility index (Phi) is 3.47. The molecule has 5 heteroatoms. The van der Waals surface area contributed by atoms with Crippen molar-refractivity contribution >= 4 is 37.5 Å². The summed E-state index contributed by atoms with van der Waals surface area (Å²) >= 11 is 5.05. The minimum absolute atomic E-state index is 0.865. The minimum Gasteiger partial charge on any atom is -0.497 e. The topological polar surface area (TPSA) is 25.4 Å². The van der Waals surface area contributed by atoms with Gasteiger partial charge in [0.15, 0.2) is 3.92 Å². The van der Waals surface area contributed by atoms with Gasteiger partial charge in [-0.2, -0.15) is 0 Å². The number of aromatic nitrogens is 1. The van der Waals surface area contributed by atoms with E-state index >= 15 is 0 Å². The van der Waals surface area contributed by atoms with Gasteiger partial charge < -0.3 is 9.64 Å². The zero-order chi connectivity index (χ0) is 11.7. The molecular weight excluding hydrogens is 288 g/mol. The molecule has 16 heavy (non-hydrogen) atoms. The number of hydrogen-bond acceptors (Lipinski definition) is 4. The van der Waals surface area contributed by atoms with E-state index in [-0.39, 0.29) is 0 Å². The van der Waals surface area contributed by atoms with Gasteiger partial charge in [0.05, 0.1) is 17.3 Å². The van der Waals surface area contributed by atoms with Gasteiger partial charge in [-0.05, 0) is 47.7 Å². The average molecular weight is 301 g/mol. The number of halogens is 1. The molecule has 0 spiro atoms. The highest BCUT2D eigenvalue weighted by molar-refractivity contribution is 9.11. The van der Waals surface area contributed by atoms with Crippen molar-refractivity contribution in [2.45, 2.75) is 6.54 Å². The van der Waals surface area contributed by atoms with Gasteiger partial charge in [0, 0.05) is 6.54 Å². The van der Waals surface area contributed by atoms with Gasteiger partial charge in [-0.15, -0.1) is 11.3 Å². The summed E-state index contributed by atoms with van der Waals surface area (Å²) in [5, 5.41) is 0. The number of hydrogen-bond donors (Lipinski definition) is 0. The first-order chi connectivity index (χ1) is 7.60. The second kappa shape index (κ2) is 4.69. The molecule has 0 amide bonds. The monoisotopic (exact) mass is 300 g/mol. The Morgan fingerprint density at radius 3 is 2.81 bits per heavy atom. The molecule has 0 bridgehead atoms. The van der Waals surface area contributed by atoms with Gasteiger partial charge in [0.2, 0.25) is 0 Å². The minimum atomic E-state index is 0.865. The Balaban J connectivity index is 2.58. The molecule has 1 aromatic carbocycles. The Bertz CT molecular complexity index is 510. The number of thiazole rings is 1. The van der Waals surface area contributed by atoms with Crippen LogP contribution in [0.15, 0.2) is 16.0 Å². The molecular formula is C11H13BrN2OS. The Hall–Kier alpha value is -0.650. The molecule has 86 valence electrons. The summed E-state index contributed by atoms with van der Waals surface area (Å²) in [4.78, 5) is 6.62. The van der Waals surface area contributed by atoms with Gasteiger partial charge in [-0.3, -0.25) is 0 Å². The molecule has 1 aromatic heterocycles. The summed E-state index contributed by atoms with van der Waals surface area (Å²) in [5.74, 6) is 0.889. The number of nitrogens with zero attached hydrogens (tertiary/aromatic N) is 2. The fourth-order valence-corrected chi connectivity index (χ4v) is 3.09. The third kappa shape index (κ3) is 2.36. The first-order valence-corrected chi connectivity index (χ1v) is 6.49. The lowest BCUT2D eigenvalue weighted by Gasteiger charge is -2.11. The molecule has 0 N–H and O–H groups in total. The standard InChI is InChI=1S/C11H13BrN2OS/c1-14(2)6-7-4-8(15-3)5-9-10(7)13-11(12)16-9/h4-5H,6H2,1-3H3. The second-order valence-electron chi connectivity index (χ2n) is 3.84. The molecule has 0 atom stereocenters. The van der Waals surface area contributed by atoms with Crippen molar-refractivity contribution < 1.29 is 4.74 Å². The molecule has 0 saturated heterocycles. The van der Waals surface area contributed by atoms with Crippen molar-refractivity contribution in [3.8, 4) is 5.75 Å². The predicted octanol–water partition coefficient (Wildman–Crippen LogP) is 3.13. The Morgan fingerprint density at radius 1 is 1.44 bits per heavy atom. The smallest absolute Gasteiger partial charge is 0.160 e. The van der Waals surface area contributed by atoms with Crippen molar-refractivity contribution in [1.29, 1.82) is 0 Å². The molecule has 3 nitrogen and oxygen atoms in total. The zero-order valence-corrected chi connectivity index (χ0v) is 11.9. The lowest BCUT2D eigenvalue weighted by molar-refractivity contribution is 0.397. The van der Waals surface area contributed by atoms with Gasteiger partial charge >= 0.3 is 0 Å². The van der Waals surface area contributed by atoms with Crippen LogP contribution in [0.25, 0.3) is 10.2 Å². The zero-order valence-electron chi connectivity index (χ0n) is 9.45. The first-order valence-electron chi connectivity index (χ1n) is 4.88. The Labute approximate surface area is 107 Å². The summed E-state index contributed by atoms with van der Waals surface area (Å²) in [7, 11) is 5.79. The molecule has 0 aliphatic rings. The maximum Gasteiger partial charge on any atom is 0.160 e. The van der Waals surface area contributed by atoms with E-state index in [9.17, 15) is 0 Å². The highest BCUT2D eigenvalue weighted by Gasteiger charge is 2.10. The van der Waals surface area contributed by atoms with Gasteiger partial charge in [-0.25, -0.2) is 4.98 Å². The van der Waals surface area contributed by atoms with Crippen LogP contribution in [0.3, 0.4) is 0 Å². The van der Waals surface area contributed by atoms with Crippen molar-refractivity contribution in [3.05, 3.63) is 21.6 Å². The summed E-state index contributed by atoms with van der Waals surface area (Å²) in [6, 6.07) is 4.07. The van der Waals surface area contributed by atoms with Crippen LogP contribution in [0.5, 0.6) is 5.75 Å². The third-order valence-electron chi connectivity index (χ3n) is 2.24. The van der Waals surface area contributed by atoms with Crippen molar-refractivity contribution in [3.63, 3.8) is 0 Å². The second-order valence-corrected chi connectivity index (χ2v) is 6.14. The number of methoxy groups -OCH3 is 1. The van der Waals surface area contributed by atoms with E-state index in [0.29, 0.717) is 0 Å². The van der Waals surface area contributed by atoms with Crippen LogP contribution < -0.4 is 4.74 Å². The molecule has 0 aliphatic heterocycles. The molecule has 0 unspecified atom stereocenters. The molecule has 2 rings (SSSR count). The number of ether oxygens (including phenoxy) is 1. The molecule has 2 aromatic rings. The maximum atomic E-state index is 5.30. The molecule has 0 fully saturated rings. The lowest BCUT2D eigenvalue weighted by atomic mass is 10.2. The third-order valence-corrected chi connectivity index (χ3v) is 3.70. The number of fused-ring (bicyclic) bond motifs is 1. The van der Waals surface area contributed by atoms with E-state index in [2.05, 4.69) is 31.9 Å². The Morgan fingerprint density at radius 2 is 2.19 bits per heavy atom. The predicted molar refractivity (Wildman–Crippen MR) is 71.3 cm³/mol. The fraction of sp³-hybridized carbons (Fsp3) is 0.364. The van der Waals surface area contributed by atoms with Crippen LogP contribution in [0.2, 0.25) is 0 Å². The van der Waals surface area contributed by atoms with Crippen LogP contribution in [0.1, 0.15) is 5.56 Å². The quantitative estimate of drug-likeness (QED) is 0.871. The van der Waals surface area contributed by atoms with Crippen molar-refractivity contribution in [2.24, 2.45) is 0 Å². The van der Waals surface area contributed by atoms with Gasteiger partial charge in [-0.1, -0.05) is 0 Å². The largest absolute Gasteiger partial charge is 0.497 e. The average Bonchev–Trinajstić information content (AvgIpc) is 2.57. The SMILES string of the molecule is COc1cc(CN(C)C)c2nc(Br)sc2c1. The number of rotatable bonds is 3. The van der Waals surface area contributed by atoms with Crippen LogP contribution >= 0.6 is 27.3 Å². The van der Waals surface area contributed by atoms with Crippen LogP contribution in [-0.2, 0) is 6.54 Å². The van der Waals surface area contributed by atoms with Crippen LogP contribution in [0.4, 0.5) is 0 Å². The normalized spacial score (nSPS) is 11.3. The summed E-state index contributed by atoms with van der Waals surface area (Å²) in [5.41, 5.74) is 2.26. The summed E-state index contributed by atoms with van der Waals surface area (Å²) in [6.45, 7) is 0.865. The molecule has 0 saturated carbocycles. The number of benzene rings is 1. The van der Waals surface area contributed by atoms with Crippen LogP contribution in [0, 0.1) is 0 Å². The molecule has 1 heterocycles. The van der Waals surface area contributed by atoms with E-state index in [1.807, 2.05) is 20.2 Å². The highest BCUT2D eigenvalue weighted by Crippen LogP contribution is 2.32. The van der Waals surface area contributed by atoms with E-state index in [1.165, 1.54) is 5.56 Å². The van der Waals surface area contributed by atoms with Gasteiger partial charge in [0.1, 0.15) is 5.75 Å². The summed E-state index contributed by atoms with van der Waals surface area (Å²) in [6.07, 6.45) is 0. The van der Waals surface area contributed by atoms with Crippen LogP contribution in [-0.4, -0.2) is 31.1 Å². The lowest BCUT2D eigenvalue weighted by Crippen LogP contribution is -2.11. The van der Waals surface area contributed by atoms with Crippen molar-refractivity contribution in [2.75, 3.05) is 21.2 Å². The highest BCUT2D eigenvalue weighted by atomic mass is 79.9. The van der Waals surface area contributed by atoms with E-state index in [4.69, 9.17) is 4.74 Å². The fourth-order valence-electron chi connectivity index (χ4n) is 1.62. The van der Waals surface area contributed by atoms with Crippen molar-refractivity contribution in [1.82, 2.24) is 9.88 Å². The maximum absolute atomic E-state index is 5.30. The first kappa shape index (κ1) is 11.8. The molecule has 0 aliphatic carbocycles. The van der Waals surface area contributed by atoms with Gasteiger partial charge in [0.25, 0.3) is 0 Å². The van der Waals surface area contributed by atoms with E-state index in [0.717, 1.165) is 26.4 Å². The summed E-state index contributed by atoms with van der Waals surface area (Å²) < 4.78 is 7.37. The van der Waals surface area contributed by atoms with E-state index in [1.54, 1.807) is 18.4 Å². The van der Waals surface area contributed by atoms with E-state index < -0.39 is 0 Å².